The molecule has 0 aliphatic rings. The second kappa shape index (κ2) is 7.62. The zero-order valence-corrected chi connectivity index (χ0v) is 14.4. The highest BCUT2D eigenvalue weighted by atomic mass is 35.5. The SMILES string of the molecule is Cc1nn(CC(=O)N(C)C(CCO)c2ccccc2)c(C)c1Cl. The molecule has 2 rings (SSSR count). The quantitative estimate of drug-likeness (QED) is 0.883. The maximum atomic E-state index is 12.6. The monoisotopic (exact) mass is 335 g/mol. The number of aliphatic hydroxyl groups is 1. The molecule has 1 amide bonds. The molecule has 0 saturated carbocycles. The first-order chi connectivity index (χ1) is 11.0. The molecule has 0 aliphatic heterocycles. The van der Waals surface area contributed by atoms with Gasteiger partial charge < -0.3 is 10.0 Å². The van der Waals surface area contributed by atoms with Crippen LogP contribution in [-0.2, 0) is 11.3 Å². The second-order valence-corrected chi connectivity index (χ2v) is 5.96. The van der Waals surface area contributed by atoms with Crippen LogP contribution in [0.25, 0.3) is 0 Å². The lowest BCUT2D eigenvalue weighted by atomic mass is 10.0. The molecular formula is C17H22ClN3O2. The normalized spacial score (nSPS) is 12.2. The smallest absolute Gasteiger partial charge is 0.244 e. The zero-order valence-electron chi connectivity index (χ0n) is 13.7. The van der Waals surface area contributed by atoms with E-state index in [4.69, 9.17) is 11.6 Å². The summed E-state index contributed by atoms with van der Waals surface area (Å²) >= 11 is 6.13. The molecule has 1 heterocycles. The van der Waals surface area contributed by atoms with Crippen LogP contribution in [0.1, 0.15) is 29.4 Å². The predicted molar refractivity (Wildman–Crippen MR) is 90.4 cm³/mol. The number of carbonyl (C=O) groups excluding carboxylic acids is 1. The number of hydrogen-bond acceptors (Lipinski definition) is 3. The Balaban J connectivity index is 2.17. The maximum Gasteiger partial charge on any atom is 0.244 e. The van der Waals surface area contributed by atoms with E-state index in [2.05, 4.69) is 5.10 Å². The van der Waals surface area contributed by atoms with E-state index in [9.17, 15) is 9.90 Å². The van der Waals surface area contributed by atoms with Crippen LogP contribution in [0.15, 0.2) is 30.3 Å². The summed E-state index contributed by atoms with van der Waals surface area (Å²) in [5.74, 6) is -0.0745. The first kappa shape index (κ1) is 17.5. The van der Waals surface area contributed by atoms with Gasteiger partial charge in [-0.15, -0.1) is 0 Å². The van der Waals surface area contributed by atoms with Gasteiger partial charge in [0.05, 0.1) is 22.5 Å². The summed E-state index contributed by atoms with van der Waals surface area (Å²) in [5.41, 5.74) is 2.50. The third-order valence-corrected chi connectivity index (χ3v) is 4.57. The van der Waals surface area contributed by atoms with Gasteiger partial charge in [-0.2, -0.15) is 5.10 Å². The van der Waals surface area contributed by atoms with Crippen molar-refractivity contribution in [1.82, 2.24) is 14.7 Å². The highest BCUT2D eigenvalue weighted by Crippen LogP contribution is 2.24. The van der Waals surface area contributed by atoms with E-state index in [-0.39, 0.29) is 25.1 Å². The van der Waals surface area contributed by atoms with E-state index in [1.165, 1.54) is 0 Å². The van der Waals surface area contributed by atoms with Crippen molar-refractivity contribution in [3.63, 3.8) is 0 Å². The summed E-state index contributed by atoms with van der Waals surface area (Å²) in [6, 6.07) is 9.55. The number of amides is 1. The Morgan fingerprint density at radius 1 is 1.35 bits per heavy atom. The Morgan fingerprint density at radius 3 is 2.52 bits per heavy atom. The van der Waals surface area contributed by atoms with Gasteiger partial charge in [0.25, 0.3) is 0 Å². The third kappa shape index (κ3) is 3.92. The summed E-state index contributed by atoms with van der Waals surface area (Å²) in [4.78, 5) is 14.3. The number of aliphatic hydroxyl groups excluding tert-OH is 1. The third-order valence-electron chi connectivity index (χ3n) is 4.03. The topological polar surface area (TPSA) is 58.4 Å². The number of carbonyl (C=O) groups is 1. The van der Waals surface area contributed by atoms with Crippen molar-refractivity contribution in [2.45, 2.75) is 32.9 Å². The van der Waals surface area contributed by atoms with Crippen LogP contribution >= 0.6 is 11.6 Å². The zero-order chi connectivity index (χ0) is 17.0. The minimum absolute atomic E-state index is 0.0168. The number of benzene rings is 1. The summed E-state index contributed by atoms with van der Waals surface area (Å²) in [5, 5.41) is 14.2. The molecule has 6 heteroatoms. The number of nitrogens with zero attached hydrogens (tertiary/aromatic N) is 3. The van der Waals surface area contributed by atoms with Crippen molar-refractivity contribution < 1.29 is 9.90 Å². The molecule has 1 aromatic heterocycles. The molecule has 2 aromatic rings. The summed E-state index contributed by atoms with van der Waals surface area (Å²) in [7, 11) is 1.75. The first-order valence-corrected chi connectivity index (χ1v) is 7.94. The standard InChI is InChI=1S/C17H22ClN3O2/c1-12-17(18)13(2)21(19-12)11-16(23)20(3)15(9-10-22)14-7-5-4-6-8-14/h4-8,15,22H,9-11H2,1-3H3. The van der Waals surface area contributed by atoms with Gasteiger partial charge in [0.15, 0.2) is 0 Å². The van der Waals surface area contributed by atoms with Crippen molar-refractivity contribution in [2.75, 3.05) is 13.7 Å². The van der Waals surface area contributed by atoms with Crippen LogP contribution in [-0.4, -0.2) is 39.3 Å². The molecule has 5 nitrogen and oxygen atoms in total. The Hall–Kier alpha value is -1.85. The molecule has 124 valence electrons. The Bertz CT molecular complexity index is 670. The number of aryl methyl sites for hydroxylation is 1. The molecule has 1 N–H and O–H groups in total. The van der Waals surface area contributed by atoms with Crippen LogP contribution in [0.4, 0.5) is 0 Å². The number of halogens is 1. The molecule has 0 radical (unpaired) electrons. The number of aromatic nitrogens is 2. The average molecular weight is 336 g/mol. The van der Waals surface area contributed by atoms with Crippen molar-refractivity contribution >= 4 is 17.5 Å². The largest absolute Gasteiger partial charge is 0.396 e. The molecular weight excluding hydrogens is 314 g/mol. The lowest BCUT2D eigenvalue weighted by Gasteiger charge is -2.28. The Labute approximate surface area is 141 Å². The lowest BCUT2D eigenvalue weighted by molar-refractivity contribution is -0.133. The fraction of sp³-hybridized carbons (Fsp3) is 0.412. The van der Waals surface area contributed by atoms with Gasteiger partial charge in [0.1, 0.15) is 6.54 Å². The molecule has 1 unspecified atom stereocenters. The average Bonchev–Trinajstić information content (AvgIpc) is 2.80. The highest BCUT2D eigenvalue weighted by molar-refractivity contribution is 6.31. The van der Waals surface area contributed by atoms with E-state index in [0.29, 0.717) is 11.4 Å². The van der Waals surface area contributed by atoms with Crippen LogP contribution in [0.5, 0.6) is 0 Å². The van der Waals surface area contributed by atoms with Crippen molar-refractivity contribution in [3.05, 3.63) is 52.3 Å². The van der Waals surface area contributed by atoms with Crippen LogP contribution in [0.3, 0.4) is 0 Å². The van der Waals surface area contributed by atoms with Crippen LogP contribution in [0.2, 0.25) is 5.02 Å². The van der Waals surface area contributed by atoms with Crippen molar-refractivity contribution in [1.29, 1.82) is 0 Å². The van der Waals surface area contributed by atoms with Gasteiger partial charge in [-0.1, -0.05) is 41.9 Å². The number of hydrogen-bond donors (Lipinski definition) is 1. The van der Waals surface area contributed by atoms with E-state index in [1.807, 2.05) is 44.2 Å². The van der Waals surface area contributed by atoms with E-state index < -0.39 is 0 Å². The summed E-state index contributed by atoms with van der Waals surface area (Å²) in [6.45, 7) is 3.81. The maximum absolute atomic E-state index is 12.6. The van der Waals surface area contributed by atoms with E-state index in [1.54, 1.807) is 16.6 Å². The van der Waals surface area contributed by atoms with Gasteiger partial charge >= 0.3 is 0 Å². The molecule has 0 spiro atoms. The molecule has 0 fully saturated rings. The number of likely N-dealkylation sites (N-methyl/N-ethyl adjacent to an activating group) is 1. The minimum atomic E-state index is -0.166. The highest BCUT2D eigenvalue weighted by Gasteiger charge is 2.22. The number of rotatable bonds is 6. The summed E-state index contributed by atoms with van der Waals surface area (Å²) in [6.07, 6.45) is 0.490. The predicted octanol–water partition coefficient (Wildman–Crippen LogP) is 2.74. The molecule has 0 bridgehead atoms. The van der Waals surface area contributed by atoms with Crippen molar-refractivity contribution in [2.24, 2.45) is 0 Å². The fourth-order valence-electron chi connectivity index (χ4n) is 2.62. The second-order valence-electron chi connectivity index (χ2n) is 5.59. The van der Waals surface area contributed by atoms with Crippen LogP contribution < -0.4 is 0 Å². The molecule has 1 aromatic carbocycles. The Morgan fingerprint density at radius 2 is 2.00 bits per heavy atom. The van der Waals surface area contributed by atoms with Crippen LogP contribution in [0, 0.1) is 13.8 Å². The Kier molecular flexibility index (Phi) is 5.80. The van der Waals surface area contributed by atoms with Gasteiger partial charge in [0.2, 0.25) is 5.91 Å². The lowest BCUT2D eigenvalue weighted by Crippen LogP contribution is -2.34. The minimum Gasteiger partial charge on any atom is -0.396 e. The summed E-state index contributed by atoms with van der Waals surface area (Å²) < 4.78 is 1.62. The van der Waals surface area contributed by atoms with Gasteiger partial charge in [-0.3, -0.25) is 9.48 Å². The van der Waals surface area contributed by atoms with Gasteiger partial charge in [0, 0.05) is 13.7 Å². The van der Waals surface area contributed by atoms with E-state index >= 15 is 0 Å². The molecule has 0 saturated heterocycles. The molecule has 0 aliphatic carbocycles. The first-order valence-electron chi connectivity index (χ1n) is 7.56. The molecule has 1 atom stereocenters. The fourth-order valence-corrected chi connectivity index (χ4v) is 2.76. The van der Waals surface area contributed by atoms with Gasteiger partial charge in [-0.05, 0) is 25.8 Å². The molecule has 23 heavy (non-hydrogen) atoms. The van der Waals surface area contributed by atoms with E-state index in [0.717, 1.165) is 17.0 Å². The van der Waals surface area contributed by atoms with Gasteiger partial charge in [-0.25, -0.2) is 0 Å². The van der Waals surface area contributed by atoms with Crippen molar-refractivity contribution in [3.8, 4) is 0 Å².